The van der Waals surface area contributed by atoms with Gasteiger partial charge in [-0.3, -0.25) is 19.8 Å². The van der Waals surface area contributed by atoms with Crippen LogP contribution >= 0.6 is 0 Å². The minimum Gasteiger partial charge on any atom is -0.341 e. The fraction of sp³-hybridized carbons (Fsp3) is 0.700. The van der Waals surface area contributed by atoms with Gasteiger partial charge < -0.3 is 10.2 Å². The number of nitrogens with two attached hydrogens (primary N) is 1. The van der Waals surface area contributed by atoms with E-state index in [4.69, 9.17) is 5.84 Å². The predicted octanol–water partition coefficient (Wildman–Crippen LogP) is -1.51. The van der Waals surface area contributed by atoms with Crippen LogP contribution in [0, 0.1) is 0 Å². The van der Waals surface area contributed by atoms with Crippen LogP contribution in [-0.4, -0.2) is 41.8 Å². The summed E-state index contributed by atoms with van der Waals surface area (Å²) >= 11 is 0. The second kappa shape index (κ2) is 6.19. The summed E-state index contributed by atoms with van der Waals surface area (Å²) in [4.78, 5) is 35.7. The van der Waals surface area contributed by atoms with E-state index in [9.17, 15) is 14.4 Å². The van der Waals surface area contributed by atoms with E-state index in [0.29, 0.717) is 13.1 Å². The van der Waals surface area contributed by atoms with Crippen molar-refractivity contribution in [2.45, 2.75) is 32.2 Å². The lowest BCUT2D eigenvalue weighted by Crippen LogP contribution is -2.52. The number of hydrogen-bond donors (Lipinski definition) is 3. The Labute approximate surface area is 99.7 Å². The molecule has 1 unspecified atom stereocenters. The lowest BCUT2D eigenvalue weighted by molar-refractivity contribution is -0.142. The van der Waals surface area contributed by atoms with Gasteiger partial charge in [0.1, 0.15) is 6.04 Å². The van der Waals surface area contributed by atoms with Gasteiger partial charge in [0.25, 0.3) is 0 Å². The first kappa shape index (κ1) is 13.4. The molecule has 7 nitrogen and oxygen atoms in total. The maximum atomic E-state index is 11.9. The van der Waals surface area contributed by atoms with E-state index in [1.807, 2.05) is 0 Å². The maximum Gasteiger partial charge on any atom is 0.323 e. The summed E-state index contributed by atoms with van der Waals surface area (Å²) < 4.78 is 0. The molecule has 1 aliphatic heterocycles. The average Bonchev–Trinajstić information content (AvgIpc) is 2.37. The molecule has 1 rings (SSSR count). The van der Waals surface area contributed by atoms with Gasteiger partial charge >= 0.3 is 11.8 Å². The molecule has 4 N–H and O–H groups in total. The molecule has 0 aromatic rings. The lowest BCUT2D eigenvalue weighted by Gasteiger charge is -2.29. The van der Waals surface area contributed by atoms with E-state index in [0.717, 1.165) is 19.3 Å². The first-order chi connectivity index (χ1) is 8.06. The minimum atomic E-state index is -0.955. The van der Waals surface area contributed by atoms with Crippen LogP contribution in [0.1, 0.15) is 26.2 Å². The van der Waals surface area contributed by atoms with Crippen LogP contribution in [0.4, 0.5) is 0 Å². The number of nitrogens with one attached hydrogen (secondary N) is 2. The molecule has 0 radical (unpaired) electrons. The van der Waals surface area contributed by atoms with Gasteiger partial charge in [0, 0.05) is 13.1 Å². The molecule has 17 heavy (non-hydrogen) atoms. The Bertz CT molecular complexity index is 313. The molecule has 0 saturated carbocycles. The first-order valence-corrected chi connectivity index (χ1v) is 5.66. The van der Waals surface area contributed by atoms with Gasteiger partial charge in [-0.15, -0.1) is 0 Å². The van der Waals surface area contributed by atoms with Crippen LogP contribution in [0.2, 0.25) is 0 Å². The fourth-order valence-electron chi connectivity index (χ4n) is 1.78. The topological polar surface area (TPSA) is 105 Å². The third kappa shape index (κ3) is 3.70. The average molecular weight is 242 g/mol. The van der Waals surface area contributed by atoms with Crippen molar-refractivity contribution in [2.24, 2.45) is 5.84 Å². The Hall–Kier alpha value is -1.63. The van der Waals surface area contributed by atoms with E-state index in [1.54, 1.807) is 17.2 Å². The zero-order valence-electron chi connectivity index (χ0n) is 9.86. The lowest BCUT2D eigenvalue weighted by atomic mass is 10.1. The zero-order chi connectivity index (χ0) is 12.8. The number of carbonyl (C=O) groups excluding carboxylic acids is 3. The van der Waals surface area contributed by atoms with Gasteiger partial charge in [-0.25, -0.2) is 5.84 Å². The normalized spacial score (nSPS) is 17.2. The van der Waals surface area contributed by atoms with Crippen LogP contribution in [0.15, 0.2) is 0 Å². The SMILES string of the molecule is CC(NC(=O)C(=O)NN)C(=O)N1CCCCC1. The van der Waals surface area contributed by atoms with Crippen molar-refractivity contribution in [2.75, 3.05) is 13.1 Å². The highest BCUT2D eigenvalue weighted by Gasteiger charge is 2.25. The Morgan fingerprint density at radius 3 is 2.24 bits per heavy atom. The van der Waals surface area contributed by atoms with Crippen molar-refractivity contribution in [1.82, 2.24) is 15.6 Å². The molecule has 1 saturated heterocycles. The third-order valence-electron chi connectivity index (χ3n) is 2.72. The van der Waals surface area contributed by atoms with Crippen LogP contribution in [-0.2, 0) is 14.4 Å². The molecule has 1 aliphatic rings. The van der Waals surface area contributed by atoms with Gasteiger partial charge in [-0.2, -0.15) is 0 Å². The second-order valence-electron chi connectivity index (χ2n) is 4.05. The van der Waals surface area contributed by atoms with Crippen molar-refractivity contribution in [3.8, 4) is 0 Å². The summed E-state index contributed by atoms with van der Waals surface area (Å²) in [6, 6.07) is -0.710. The molecule has 1 atom stereocenters. The summed E-state index contributed by atoms with van der Waals surface area (Å²) in [5.74, 6) is 2.79. The summed E-state index contributed by atoms with van der Waals surface area (Å²) in [6.45, 7) is 2.98. The van der Waals surface area contributed by atoms with E-state index >= 15 is 0 Å². The predicted molar refractivity (Wildman–Crippen MR) is 60.4 cm³/mol. The van der Waals surface area contributed by atoms with Gasteiger partial charge in [0.2, 0.25) is 5.91 Å². The smallest absolute Gasteiger partial charge is 0.323 e. The molecule has 1 fully saturated rings. The van der Waals surface area contributed by atoms with Crippen LogP contribution in [0.25, 0.3) is 0 Å². The molecule has 7 heteroatoms. The molecule has 0 aromatic heterocycles. The van der Waals surface area contributed by atoms with E-state index in [2.05, 4.69) is 5.32 Å². The van der Waals surface area contributed by atoms with Crippen molar-refractivity contribution in [3.05, 3.63) is 0 Å². The molecule has 0 bridgehead atoms. The largest absolute Gasteiger partial charge is 0.341 e. The second-order valence-corrected chi connectivity index (χ2v) is 4.05. The van der Waals surface area contributed by atoms with Crippen molar-refractivity contribution in [3.63, 3.8) is 0 Å². The summed E-state index contributed by atoms with van der Waals surface area (Å²) in [7, 11) is 0. The standard InChI is InChI=1S/C10H18N4O3/c1-7(12-8(15)9(16)13-11)10(17)14-5-3-2-4-6-14/h7H,2-6,11H2,1H3,(H,12,15)(H,13,16). The molecular weight excluding hydrogens is 224 g/mol. The number of hydrazine groups is 1. The Balaban J connectivity index is 2.45. The Morgan fingerprint density at radius 2 is 1.71 bits per heavy atom. The van der Waals surface area contributed by atoms with Crippen LogP contribution in [0.5, 0.6) is 0 Å². The summed E-state index contributed by atoms with van der Waals surface area (Å²) in [5, 5.41) is 2.31. The third-order valence-corrected chi connectivity index (χ3v) is 2.72. The van der Waals surface area contributed by atoms with E-state index < -0.39 is 17.9 Å². The molecule has 3 amide bonds. The van der Waals surface area contributed by atoms with Gasteiger partial charge in [0.15, 0.2) is 0 Å². The van der Waals surface area contributed by atoms with Crippen LogP contribution < -0.4 is 16.6 Å². The Morgan fingerprint density at radius 1 is 1.12 bits per heavy atom. The molecule has 1 heterocycles. The van der Waals surface area contributed by atoms with E-state index in [-0.39, 0.29) is 5.91 Å². The van der Waals surface area contributed by atoms with Crippen molar-refractivity contribution in [1.29, 1.82) is 0 Å². The zero-order valence-corrected chi connectivity index (χ0v) is 9.86. The summed E-state index contributed by atoms with van der Waals surface area (Å²) in [5.41, 5.74) is 1.71. The van der Waals surface area contributed by atoms with Gasteiger partial charge in [-0.1, -0.05) is 0 Å². The first-order valence-electron chi connectivity index (χ1n) is 5.66. The fourth-order valence-corrected chi connectivity index (χ4v) is 1.78. The molecular formula is C10H18N4O3. The van der Waals surface area contributed by atoms with Gasteiger partial charge in [0.05, 0.1) is 0 Å². The van der Waals surface area contributed by atoms with Crippen LogP contribution in [0.3, 0.4) is 0 Å². The minimum absolute atomic E-state index is 0.164. The monoisotopic (exact) mass is 242 g/mol. The number of likely N-dealkylation sites (tertiary alicyclic amines) is 1. The number of amides is 3. The molecule has 96 valence electrons. The van der Waals surface area contributed by atoms with Crippen molar-refractivity contribution < 1.29 is 14.4 Å². The number of piperidine rings is 1. The quantitative estimate of drug-likeness (QED) is 0.237. The maximum absolute atomic E-state index is 11.9. The number of rotatable bonds is 2. The molecule has 0 aliphatic carbocycles. The number of carbonyl (C=O) groups is 3. The molecule has 0 spiro atoms. The van der Waals surface area contributed by atoms with Gasteiger partial charge in [-0.05, 0) is 26.2 Å². The molecule has 0 aromatic carbocycles. The highest BCUT2D eigenvalue weighted by atomic mass is 16.2. The highest BCUT2D eigenvalue weighted by molar-refractivity contribution is 6.35. The highest BCUT2D eigenvalue weighted by Crippen LogP contribution is 2.09. The summed E-state index contributed by atoms with van der Waals surface area (Å²) in [6.07, 6.45) is 3.09. The van der Waals surface area contributed by atoms with E-state index in [1.165, 1.54) is 0 Å². The van der Waals surface area contributed by atoms with Crippen molar-refractivity contribution >= 4 is 17.7 Å². The number of hydrogen-bond acceptors (Lipinski definition) is 4. The Kier molecular flexibility index (Phi) is 4.89. The number of nitrogens with zero attached hydrogens (tertiary/aromatic N) is 1.